The van der Waals surface area contributed by atoms with Crippen LogP contribution in [0, 0.1) is 5.41 Å². The van der Waals surface area contributed by atoms with Crippen molar-refractivity contribution >= 4 is 24.0 Å². The van der Waals surface area contributed by atoms with Crippen LogP contribution in [0.5, 0.6) is 0 Å². The summed E-state index contributed by atoms with van der Waals surface area (Å²) in [5.41, 5.74) is 0. The molecular formula is C12H17NO7. The van der Waals surface area contributed by atoms with Crippen molar-refractivity contribution in [3.63, 3.8) is 0 Å². The summed E-state index contributed by atoms with van der Waals surface area (Å²) in [7, 11) is 0. The van der Waals surface area contributed by atoms with Crippen LogP contribution >= 0.6 is 0 Å². The molecule has 0 aromatic heterocycles. The minimum Gasteiger partial charge on any atom is -0.478 e. The van der Waals surface area contributed by atoms with Gasteiger partial charge in [0.15, 0.2) is 0 Å². The Hall–Kier alpha value is -2.99. The predicted molar refractivity (Wildman–Crippen MR) is 70.9 cm³/mol. The average Bonchev–Trinajstić information content (AvgIpc) is 2.41. The van der Waals surface area contributed by atoms with Gasteiger partial charge in [0.2, 0.25) is 6.08 Å². The Bertz CT molecular complexity index is 337. The van der Waals surface area contributed by atoms with E-state index in [1.807, 2.05) is 0 Å². The second-order valence-electron chi connectivity index (χ2n) is 2.14. The van der Waals surface area contributed by atoms with Gasteiger partial charge in [-0.1, -0.05) is 19.7 Å². The maximum Gasteiger partial charge on any atom is 0.330 e. The molecule has 0 aliphatic rings. The van der Waals surface area contributed by atoms with E-state index in [1.54, 1.807) is 6.92 Å². The summed E-state index contributed by atoms with van der Waals surface area (Å²) >= 11 is 0. The van der Waals surface area contributed by atoms with Gasteiger partial charge in [-0.15, -0.1) is 0 Å². The molecule has 112 valence electrons. The van der Waals surface area contributed by atoms with E-state index in [1.165, 1.54) is 0 Å². The summed E-state index contributed by atoms with van der Waals surface area (Å²) in [5, 5.41) is 20.6. The van der Waals surface area contributed by atoms with E-state index < -0.39 is 11.9 Å². The van der Waals surface area contributed by atoms with Gasteiger partial charge in [-0.2, -0.15) is 0 Å². The Morgan fingerprint density at radius 2 is 1.35 bits per heavy atom. The SMILES string of the molecule is C=CC(=O)O.C=CC(=O)O.C=CC(=O)OCC.N=C=O. The highest BCUT2D eigenvalue weighted by atomic mass is 16.5. The van der Waals surface area contributed by atoms with Crippen LogP contribution in [0.4, 0.5) is 0 Å². The summed E-state index contributed by atoms with van der Waals surface area (Å²) in [5.74, 6) is -2.32. The van der Waals surface area contributed by atoms with Crippen LogP contribution in [-0.4, -0.2) is 40.8 Å². The lowest BCUT2D eigenvalue weighted by atomic mass is 10.6. The Labute approximate surface area is 116 Å². The lowest BCUT2D eigenvalue weighted by molar-refractivity contribution is -0.137. The molecular weight excluding hydrogens is 270 g/mol. The van der Waals surface area contributed by atoms with E-state index in [4.69, 9.17) is 20.4 Å². The van der Waals surface area contributed by atoms with Crippen molar-refractivity contribution in [1.82, 2.24) is 0 Å². The Balaban J connectivity index is -0.0000000890. The quantitative estimate of drug-likeness (QED) is 0.304. The highest BCUT2D eigenvalue weighted by Gasteiger charge is 1.86. The summed E-state index contributed by atoms with van der Waals surface area (Å²) in [6, 6.07) is 0. The highest BCUT2D eigenvalue weighted by Crippen LogP contribution is 1.74. The molecule has 0 aromatic rings. The van der Waals surface area contributed by atoms with E-state index in [9.17, 15) is 14.4 Å². The van der Waals surface area contributed by atoms with Crippen LogP contribution < -0.4 is 0 Å². The van der Waals surface area contributed by atoms with Crippen molar-refractivity contribution < 1.29 is 34.1 Å². The Morgan fingerprint density at radius 1 is 1.10 bits per heavy atom. The van der Waals surface area contributed by atoms with Crippen molar-refractivity contribution in [2.45, 2.75) is 6.92 Å². The van der Waals surface area contributed by atoms with Crippen molar-refractivity contribution in [2.75, 3.05) is 6.61 Å². The maximum absolute atomic E-state index is 10.1. The molecule has 0 heterocycles. The summed E-state index contributed by atoms with van der Waals surface area (Å²) in [4.78, 5) is 36.9. The number of carbonyl (C=O) groups is 3. The number of isocyanates is 1. The minimum atomic E-state index is -0.981. The first kappa shape index (κ1) is 25.8. The van der Waals surface area contributed by atoms with Gasteiger partial charge < -0.3 is 14.9 Å². The summed E-state index contributed by atoms with van der Waals surface area (Å²) in [6.07, 6.45) is 3.56. The van der Waals surface area contributed by atoms with E-state index in [0.29, 0.717) is 6.61 Å². The molecule has 3 N–H and O–H groups in total. The number of carboxylic acid groups (broad SMARTS) is 2. The number of hydrogen-bond donors (Lipinski definition) is 3. The van der Waals surface area contributed by atoms with Gasteiger partial charge in [-0.25, -0.2) is 24.6 Å². The fourth-order valence-electron chi connectivity index (χ4n) is 0.201. The molecule has 0 atom stereocenters. The van der Waals surface area contributed by atoms with Gasteiger partial charge in [0, 0.05) is 18.2 Å². The molecule has 0 spiro atoms. The number of hydrogen-bond acceptors (Lipinski definition) is 6. The number of aliphatic carboxylic acids is 2. The molecule has 0 saturated carbocycles. The molecule has 0 aliphatic carbocycles. The lowest BCUT2D eigenvalue weighted by Gasteiger charge is -1.90. The zero-order chi connectivity index (χ0) is 17.0. The molecule has 0 rings (SSSR count). The smallest absolute Gasteiger partial charge is 0.330 e. The fourth-order valence-corrected chi connectivity index (χ4v) is 0.201. The van der Waals surface area contributed by atoms with Gasteiger partial charge in [0.05, 0.1) is 6.61 Å². The molecule has 0 bridgehead atoms. The minimum absolute atomic E-state index is 0.359. The Kier molecular flexibility index (Phi) is 32.2. The molecule has 8 heteroatoms. The van der Waals surface area contributed by atoms with E-state index in [0.717, 1.165) is 24.3 Å². The average molecular weight is 287 g/mol. The molecule has 0 aliphatic heterocycles. The first-order valence-electron chi connectivity index (χ1n) is 4.80. The molecule has 0 aromatic carbocycles. The monoisotopic (exact) mass is 287 g/mol. The third kappa shape index (κ3) is 81.6. The molecule has 0 amide bonds. The van der Waals surface area contributed by atoms with Gasteiger partial charge >= 0.3 is 17.9 Å². The van der Waals surface area contributed by atoms with Crippen molar-refractivity contribution in [3.05, 3.63) is 38.0 Å². The van der Waals surface area contributed by atoms with Crippen LogP contribution in [0.25, 0.3) is 0 Å². The molecule has 20 heavy (non-hydrogen) atoms. The van der Waals surface area contributed by atoms with Crippen molar-refractivity contribution in [3.8, 4) is 0 Å². The summed E-state index contributed by atoms with van der Waals surface area (Å²) in [6.45, 7) is 11.3. The van der Waals surface area contributed by atoms with Gasteiger partial charge in [-0.05, 0) is 6.92 Å². The van der Waals surface area contributed by atoms with Crippen LogP contribution in [0.3, 0.4) is 0 Å². The van der Waals surface area contributed by atoms with Gasteiger partial charge in [0.1, 0.15) is 0 Å². The first-order valence-corrected chi connectivity index (χ1v) is 4.80. The molecule has 0 unspecified atom stereocenters. The van der Waals surface area contributed by atoms with Crippen LogP contribution in [0.15, 0.2) is 38.0 Å². The van der Waals surface area contributed by atoms with Crippen LogP contribution in [0.1, 0.15) is 6.92 Å². The van der Waals surface area contributed by atoms with Gasteiger partial charge in [0.25, 0.3) is 0 Å². The molecule has 8 nitrogen and oxygen atoms in total. The largest absolute Gasteiger partial charge is 0.478 e. The molecule has 0 radical (unpaired) electrons. The number of rotatable bonds is 4. The fraction of sp³-hybridized carbons (Fsp3) is 0.167. The zero-order valence-electron chi connectivity index (χ0n) is 11.0. The number of ether oxygens (including phenoxy) is 1. The van der Waals surface area contributed by atoms with E-state index in [2.05, 4.69) is 24.5 Å². The number of carboxylic acids is 2. The normalized spacial score (nSPS) is 6.25. The molecule has 0 saturated heterocycles. The summed E-state index contributed by atoms with van der Waals surface area (Å²) < 4.78 is 4.43. The van der Waals surface area contributed by atoms with E-state index in [-0.39, 0.29) is 5.97 Å². The van der Waals surface area contributed by atoms with Crippen LogP contribution in [-0.2, 0) is 23.9 Å². The zero-order valence-corrected chi connectivity index (χ0v) is 11.0. The standard InChI is InChI=1S/C5H8O2.2C3H4O2.CHNO/c1-3-5(6)7-4-2;2*1-2-3(4)5;2-1-3/h3H,1,4H2,2H3;2*2H,1H2,(H,4,5);2H. The third-order valence-corrected chi connectivity index (χ3v) is 0.803. The number of carbonyl (C=O) groups excluding carboxylic acids is 2. The topological polar surface area (TPSA) is 142 Å². The van der Waals surface area contributed by atoms with Crippen molar-refractivity contribution in [1.29, 1.82) is 5.41 Å². The van der Waals surface area contributed by atoms with Crippen molar-refractivity contribution in [2.24, 2.45) is 0 Å². The predicted octanol–water partition coefficient (Wildman–Crippen LogP) is 1.15. The van der Waals surface area contributed by atoms with Crippen LogP contribution in [0.2, 0.25) is 0 Å². The number of esters is 1. The second-order valence-corrected chi connectivity index (χ2v) is 2.14. The maximum atomic E-state index is 10.1. The molecule has 0 fully saturated rings. The second kappa shape index (κ2) is 25.0. The van der Waals surface area contributed by atoms with E-state index >= 15 is 0 Å². The lowest BCUT2D eigenvalue weighted by Crippen LogP contribution is -1.97. The first-order chi connectivity index (χ1) is 9.26. The number of nitrogens with one attached hydrogen (secondary N) is 1. The Morgan fingerprint density at radius 3 is 1.40 bits per heavy atom. The highest BCUT2D eigenvalue weighted by molar-refractivity contribution is 5.81. The van der Waals surface area contributed by atoms with Gasteiger partial charge in [-0.3, -0.25) is 0 Å². The third-order valence-electron chi connectivity index (χ3n) is 0.803.